The highest BCUT2D eigenvalue weighted by Gasteiger charge is 2.15. The normalized spacial score (nSPS) is 10.8. The molecule has 0 bridgehead atoms. The van der Waals surface area contributed by atoms with Gasteiger partial charge in [0.1, 0.15) is 47.1 Å². The number of hydrogen-bond acceptors (Lipinski definition) is 6. The van der Waals surface area contributed by atoms with Crippen LogP contribution in [-0.4, -0.2) is 32.4 Å². The minimum absolute atomic E-state index is 0.0404. The zero-order valence-electron chi connectivity index (χ0n) is 20.9. The van der Waals surface area contributed by atoms with Crippen molar-refractivity contribution in [3.8, 4) is 17.2 Å². The molecule has 0 spiro atoms. The molecule has 0 atom stereocenters. The first kappa shape index (κ1) is 26.4. The van der Waals surface area contributed by atoms with Gasteiger partial charge in [-0.1, -0.05) is 12.1 Å². The highest BCUT2D eigenvalue weighted by molar-refractivity contribution is 5.91. The number of halogens is 3. The first-order valence-corrected chi connectivity index (χ1v) is 12.1. The maximum atomic E-state index is 14.9. The van der Waals surface area contributed by atoms with Crippen molar-refractivity contribution in [2.24, 2.45) is 0 Å². The maximum absolute atomic E-state index is 14.9. The Morgan fingerprint density at radius 1 is 0.875 bits per heavy atom. The van der Waals surface area contributed by atoms with Crippen LogP contribution in [0.4, 0.5) is 18.9 Å². The molecule has 8 nitrogen and oxygen atoms in total. The van der Waals surface area contributed by atoms with Crippen LogP contribution in [0.3, 0.4) is 0 Å². The van der Waals surface area contributed by atoms with E-state index in [4.69, 9.17) is 16.0 Å². The number of rotatable bonds is 10. The first-order chi connectivity index (χ1) is 19.4. The number of aromatic nitrogens is 4. The zero-order chi connectivity index (χ0) is 28.1. The highest BCUT2D eigenvalue weighted by Crippen LogP contribution is 2.37. The maximum Gasteiger partial charge on any atom is 0.229 e. The summed E-state index contributed by atoms with van der Waals surface area (Å²) in [5, 5.41) is 8.54. The van der Waals surface area contributed by atoms with E-state index >= 15 is 0 Å². The third-order valence-electron chi connectivity index (χ3n) is 5.96. The monoisotopic (exact) mass is 543 g/mol. The van der Waals surface area contributed by atoms with Gasteiger partial charge < -0.3 is 9.47 Å². The molecule has 40 heavy (non-hydrogen) atoms. The molecule has 0 unspecified atom stereocenters. The molecule has 2 aromatic heterocycles. The minimum atomic E-state index is -0.825. The number of carbonyl (C=O) groups is 1. The SMILES string of the molecule is [C-]#[N+]c1cc2c(Oc3ccc(CC(=O)Cc4ccc(F)cc4F)c(F)c3)ccnc2cc1OCCn1nccn1. The van der Waals surface area contributed by atoms with Gasteiger partial charge in [0.15, 0.2) is 0 Å². The molecule has 0 aliphatic heterocycles. The fourth-order valence-electron chi connectivity index (χ4n) is 4.04. The van der Waals surface area contributed by atoms with Gasteiger partial charge in [-0.3, -0.25) is 9.78 Å². The summed E-state index contributed by atoms with van der Waals surface area (Å²) in [6.07, 6.45) is 4.08. The predicted octanol–water partition coefficient (Wildman–Crippen LogP) is 6.02. The Balaban J connectivity index is 1.30. The lowest BCUT2D eigenvalue weighted by Gasteiger charge is -2.13. The summed E-state index contributed by atoms with van der Waals surface area (Å²) >= 11 is 0. The topological polar surface area (TPSA) is 83.5 Å². The number of ketones is 1. The van der Waals surface area contributed by atoms with E-state index in [1.807, 2.05) is 0 Å². The number of carbonyl (C=O) groups excluding carboxylic acids is 1. The van der Waals surface area contributed by atoms with Gasteiger partial charge in [-0.25, -0.2) is 18.0 Å². The molecule has 0 aliphatic rings. The molecule has 0 aliphatic carbocycles. The predicted molar refractivity (Wildman–Crippen MR) is 139 cm³/mol. The van der Waals surface area contributed by atoms with Crippen molar-refractivity contribution in [1.82, 2.24) is 20.0 Å². The molecule has 5 aromatic rings. The van der Waals surface area contributed by atoms with Crippen LogP contribution in [0.15, 0.2) is 73.2 Å². The summed E-state index contributed by atoms with van der Waals surface area (Å²) < 4.78 is 53.5. The van der Waals surface area contributed by atoms with E-state index in [1.54, 1.807) is 30.6 Å². The number of ether oxygens (including phenoxy) is 2. The molecule has 0 radical (unpaired) electrons. The van der Waals surface area contributed by atoms with E-state index < -0.39 is 23.2 Å². The molecule has 0 fully saturated rings. The van der Waals surface area contributed by atoms with Crippen molar-refractivity contribution >= 4 is 22.4 Å². The second kappa shape index (κ2) is 11.7. The van der Waals surface area contributed by atoms with E-state index in [0.29, 0.717) is 35.0 Å². The molecule has 3 aromatic carbocycles. The van der Waals surface area contributed by atoms with Crippen molar-refractivity contribution in [3.63, 3.8) is 0 Å². The third-order valence-corrected chi connectivity index (χ3v) is 5.96. The van der Waals surface area contributed by atoms with Crippen LogP contribution in [-0.2, 0) is 24.2 Å². The quantitative estimate of drug-likeness (QED) is 0.200. The van der Waals surface area contributed by atoms with Gasteiger partial charge >= 0.3 is 0 Å². The Kier molecular flexibility index (Phi) is 7.68. The molecule has 0 saturated carbocycles. The Morgan fingerprint density at radius 3 is 2.30 bits per heavy atom. The number of nitrogens with zero attached hydrogens (tertiary/aromatic N) is 5. The number of benzene rings is 3. The lowest BCUT2D eigenvalue weighted by Crippen LogP contribution is -2.10. The molecule has 2 heterocycles. The second-order valence-corrected chi connectivity index (χ2v) is 8.71. The fraction of sp³-hybridized carbons (Fsp3) is 0.138. The van der Waals surface area contributed by atoms with Gasteiger partial charge in [-0.15, -0.1) is 0 Å². The number of fused-ring (bicyclic) bond motifs is 1. The summed E-state index contributed by atoms with van der Waals surface area (Å²) in [6, 6.07) is 11.8. The van der Waals surface area contributed by atoms with Crippen molar-refractivity contribution in [2.75, 3.05) is 6.61 Å². The van der Waals surface area contributed by atoms with E-state index in [-0.39, 0.29) is 42.0 Å². The summed E-state index contributed by atoms with van der Waals surface area (Å²) in [6.45, 7) is 8.21. The number of pyridine rings is 1. The lowest BCUT2D eigenvalue weighted by molar-refractivity contribution is -0.117. The molecular weight excluding hydrogens is 523 g/mol. The van der Waals surface area contributed by atoms with Crippen LogP contribution < -0.4 is 9.47 Å². The van der Waals surface area contributed by atoms with Crippen LogP contribution in [0.5, 0.6) is 17.2 Å². The highest BCUT2D eigenvalue weighted by atomic mass is 19.1. The Bertz CT molecular complexity index is 1740. The third kappa shape index (κ3) is 6.07. The van der Waals surface area contributed by atoms with Crippen molar-refractivity contribution in [3.05, 3.63) is 113 Å². The van der Waals surface area contributed by atoms with Gasteiger partial charge in [-0.05, 0) is 41.5 Å². The van der Waals surface area contributed by atoms with Gasteiger partial charge in [0.05, 0.1) is 31.0 Å². The Morgan fingerprint density at radius 2 is 1.60 bits per heavy atom. The largest absolute Gasteiger partial charge is 0.503 e. The number of Topliss-reactive ketones (excluding diaryl/α,β-unsaturated/α-hetero) is 1. The summed E-state index contributed by atoms with van der Waals surface area (Å²) in [5.74, 6) is -1.81. The smallest absolute Gasteiger partial charge is 0.229 e. The molecule has 5 rings (SSSR count). The lowest BCUT2D eigenvalue weighted by atomic mass is 10.0. The van der Waals surface area contributed by atoms with Crippen molar-refractivity contribution in [1.29, 1.82) is 0 Å². The summed E-state index contributed by atoms with van der Waals surface area (Å²) in [5.41, 5.74) is 0.907. The second-order valence-electron chi connectivity index (χ2n) is 8.71. The first-order valence-electron chi connectivity index (χ1n) is 12.1. The molecule has 0 amide bonds. The average molecular weight is 544 g/mol. The van der Waals surface area contributed by atoms with E-state index in [1.165, 1.54) is 29.2 Å². The van der Waals surface area contributed by atoms with Crippen LogP contribution in [0.1, 0.15) is 11.1 Å². The standard InChI is InChI=1S/C29H20F3N5O3/c1-33-27-16-23-26(17-29(27)39-11-10-37-35-8-9-36-37)34-7-6-28(23)40-22-5-3-19(25(32)15-22)13-21(38)12-18-2-4-20(30)14-24(18)31/h2-9,14-17H,10-13H2. The van der Waals surface area contributed by atoms with Crippen LogP contribution in [0.2, 0.25) is 0 Å². The van der Waals surface area contributed by atoms with Gasteiger partial charge in [0.25, 0.3) is 0 Å². The van der Waals surface area contributed by atoms with Gasteiger partial charge in [-0.2, -0.15) is 15.0 Å². The summed E-state index contributed by atoms with van der Waals surface area (Å²) in [7, 11) is 0. The van der Waals surface area contributed by atoms with Crippen molar-refractivity contribution in [2.45, 2.75) is 19.4 Å². The van der Waals surface area contributed by atoms with Crippen LogP contribution in [0.25, 0.3) is 15.7 Å². The average Bonchev–Trinajstić information content (AvgIpc) is 3.45. The number of hydrogen-bond donors (Lipinski definition) is 0. The zero-order valence-corrected chi connectivity index (χ0v) is 20.9. The molecular formula is C29H20F3N5O3. The Labute approximate surface area is 226 Å². The minimum Gasteiger partial charge on any atom is -0.503 e. The van der Waals surface area contributed by atoms with Gasteiger partial charge in [0.2, 0.25) is 5.69 Å². The van der Waals surface area contributed by atoms with Crippen molar-refractivity contribution < 1.29 is 27.4 Å². The summed E-state index contributed by atoms with van der Waals surface area (Å²) in [4.78, 5) is 21.7. The Hall–Kier alpha value is -5.24. The molecule has 200 valence electrons. The van der Waals surface area contributed by atoms with E-state index in [9.17, 15) is 18.0 Å². The molecule has 11 heteroatoms. The van der Waals surface area contributed by atoms with Crippen LogP contribution >= 0.6 is 0 Å². The van der Waals surface area contributed by atoms with Gasteiger partial charge in [0, 0.05) is 36.6 Å². The van der Waals surface area contributed by atoms with Crippen LogP contribution in [0, 0.1) is 24.0 Å². The fourth-order valence-corrected chi connectivity index (χ4v) is 4.04. The van der Waals surface area contributed by atoms with E-state index in [0.717, 1.165) is 12.1 Å². The molecule has 0 N–H and O–H groups in total. The van der Waals surface area contributed by atoms with E-state index in [2.05, 4.69) is 20.0 Å². The molecule has 0 saturated heterocycles.